The highest BCUT2D eigenvalue weighted by molar-refractivity contribution is 7.92. The maximum atomic E-state index is 14.1. The lowest BCUT2D eigenvalue weighted by Gasteiger charge is -2.34. The van der Waals surface area contributed by atoms with E-state index < -0.39 is 39.0 Å². The highest BCUT2D eigenvalue weighted by Crippen LogP contribution is 2.28. The molecule has 0 saturated heterocycles. The number of hydrogen-bond donors (Lipinski definition) is 1. The number of hydrogen-bond acceptors (Lipinski definition) is 6. The zero-order valence-corrected chi connectivity index (χ0v) is 24.7. The van der Waals surface area contributed by atoms with Crippen LogP contribution in [0.2, 0.25) is 0 Å². The Hall–Kier alpha value is -4.25. The highest BCUT2D eigenvalue weighted by atomic mass is 32.2. The van der Waals surface area contributed by atoms with Crippen molar-refractivity contribution in [1.82, 2.24) is 10.2 Å². The molecule has 0 bridgehead atoms. The van der Waals surface area contributed by atoms with E-state index in [4.69, 9.17) is 0 Å². The van der Waals surface area contributed by atoms with Gasteiger partial charge in [-0.25, -0.2) is 8.42 Å². The van der Waals surface area contributed by atoms with Crippen LogP contribution in [-0.2, 0) is 26.2 Å². The first-order chi connectivity index (χ1) is 19.2. The number of nitro benzene ring substituents is 1. The molecule has 0 heterocycles. The van der Waals surface area contributed by atoms with E-state index in [1.54, 1.807) is 25.1 Å². The third kappa shape index (κ3) is 8.14. The van der Waals surface area contributed by atoms with Crippen molar-refractivity contribution in [2.45, 2.75) is 64.1 Å². The van der Waals surface area contributed by atoms with Crippen molar-refractivity contribution in [1.29, 1.82) is 0 Å². The van der Waals surface area contributed by atoms with Crippen molar-refractivity contribution in [2.24, 2.45) is 0 Å². The van der Waals surface area contributed by atoms with Gasteiger partial charge in [-0.05, 0) is 57.9 Å². The van der Waals surface area contributed by atoms with Gasteiger partial charge in [-0.15, -0.1) is 0 Å². The largest absolute Gasteiger partial charge is 0.350 e. The molecule has 3 rings (SSSR count). The number of nitrogens with one attached hydrogen (secondary N) is 1. The van der Waals surface area contributed by atoms with E-state index >= 15 is 0 Å². The minimum Gasteiger partial charge on any atom is -0.350 e. The molecule has 3 aromatic carbocycles. The molecule has 2 amide bonds. The normalized spacial score (nSPS) is 12.3. The number of anilines is 1. The second-order valence-corrected chi connectivity index (χ2v) is 12.6. The molecule has 3 aromatic rings. The van der Waals surface area contributed by atoms with Gasteiger partial charge in [0.05, 0.1) is 15.5 Å². The van der Waals surface area contributed by atoms with E-state index in [1.807, 2.05) is 52.0 Å². The summed E-state index contributed by atoms with van der Waals surface area (Å²) in [6.07, 6.45) is 0.279. The van der Waals surface area contributed by atoms with E-state index in [1.165, 1.54) is 35.2 Å². The van der Waals surface area contributed by atoms with Gasteiger partial charge in [0.15, 0.2) is 0 Å². The summed E-state index contributed by atoms with van der Waals surface area (Å²) < 4.78 is 28.5. The lowest BCUT2D eigenvalue weighted by Crippen LogP contribution is -2.55. The van der Waals surface area contributed by atoms with Gasteiger partial charge in [0.1, 0.15) is 12.6 Å². The Kier molecular flexibility index (Phi) is 9.88. The number of carbonyl (C=O) groups is 2. The first kappa shape index (κ1) is 31.3. The standard InChI is InChI=1S/C30H36N4O6S/c1-6-27(29(36)31-30(3,4)5)32(20-23-13-10-12-22(2)18-23)28(35)21-33(24-14-11-15-25(19-24)34(37)38)41(39,40)26-16-8-7-9-17-26/h7-19,27H,6,20-21H2,1-5H3,(H,31,36)/t27-/m1/s1. The fourth-order valence-electron chi connectivity index (χ4n) is 4.39. The van der Waals surface area contributed by atoms with Crippen LogP contribution in [0.5, 0.6) is 0 Å². The van der Waals surface area contributed by atoms with Crippen LogP contribution in [0.4, 0.5) is 11.4 Å². The zero-order valence-electron chi connectivity index (χ0n) is 23.9. The Morgan fingerprint density at radius 3 is 2.22 bits per heavy atom. The summed E-state index contributed by atoms with van der Waals surface area (Å²) >= 11 is 0. The lowest BCUT2D eigenvalue weighted by atomic mass is 10.0. The zero-order chi connectivity index (χ0) is 30.4. The Balaban J connectivity index is 2.11. The predicted octanol–water partition coefficient (Wildman–Crippen LogP) is 4.82. The number of rotatable bonds is 11. The molecular weight excluding hydrogens is 544 g/mol. The molecule has 1 N–H and O–H groups in total. The number of benzene rings is 3. The van der Waals surface area contributed by atoms with Crippen molar-refractivity contribution < 1.29 is 22.9 Å². The quantitative estimate of drug-likeness (QED) is 0.256. The number of non-ortho nitro benzene ring substituents is 1. The highest BCUT2D eigenvalue weighted by Gasteiger charge is 2.35. The van der Waals surface area contributed by atoms with Gasteiger partial charge in [-0.2, -0.15) is 0 Å². The maximum absolute atomic E-state index is 14.1. The molecule has 0 aromatic heterocycles. The molecule has 41 heavy (non-hydrogen) atoms. The average Bonchev–Trinajstić information content (AvgIpc) is 2.91. The van der Waals surface area contributed by atoms with E-state index in [-0.39, 0.29) is 35.1 Å². The number of carbonyl (C=O) groups excluding carboxylic acids is 2. The third-order valence-electron chi connectivity index (χ3n) is 6.26. The average molecular weight is 581 g/mol. The SMILES string of the molecule is CC[C@H](C(=O)NC(C)(C)C)N(Cc1cccc(C)c1)C(=O)CN(c1cccc([N+](=O)[O-])c1)S(=O)(=O)c1ccccc1. The molecule has 0 aliphatic rings. The van der Waals surface area contributed by atoms with E-state index in [2.05, 4.69) is 5.32 Å². The monoisotopic (exact) mass is 580 g/mol. The first-order valence-corrected chi connectivity index (χ1v) is 14.7. The Morgan fingerprint density at radius 2 is 1.63 bits per heavy atom. The minimum atomic E-state index is -4.32. The van der Waals surface area contributed by atoms with Crippen molar-refractivity contribution in [3.8, 4) is 0 Å². The molecule has 11 heteroatoms. The van der Waals surface area contributed by atoms with Crippen LogP contribution in [0.25, 0.3) is 0 Å². The molecule has 0 saturated carbocycles. The van der Waals surface area contributed by atoms with Crippen LogP contribution >= 0.6 is 0 Å². The minimum absolute atomic E-state index is 0.0425. The molecule has 0 radical (unpaired) electrons. The van der Waals surface area contributed by atoms with Gasteiger partial charge in [0, 0.05) is 24.2 Å². The number of aryl methyl sites for hydroxylation is 1. The summed E-state index contributed by atoms with van der Waals surface area (Å²) in [7, 11) is -4.32. The maximum Gasteiger partial charge on any atom is 0.271 e. The molecule has 10 nitrogen and oxygen atoms in total. The fraction of sp³-hybridized carbons (Fsp3) is 0.333. The second-order valence-electron chi connectivity index (χ2n) is 10.8. The van der Waals surface area contributed by atoms with Crippen LogP contribution < -0.4 is 9.62 Å². The van der Waals surface area contributed by atoms with Gasteiger partial charge in [0.2, 0.25) is 11.8 Å². The first-order valence-electron chi connectivity index (χ1n) is 13.2. The summed E-state index contributed by atoms with van der Waals surface area (Å²) in [5, 5.41) is 14.4. The Bertz CT molecular complexity index is 1500. The molecule has 0 spiro atoms. The summed E-state index contributed by atoms with van der Waals surface area (Å²) in [4.78, 5) is 39.6. The van der Waals surface area contributed by atoms with Gasteiger partial charge in [-0.3, -0.25) is 24.0 Å². The molecule has 1 atom stereocenters. The molecule has 218 valence electrons. The van der Waals surface area contributed by atoms with E-state index in [0.717, 1.165) is 21.5 Å². The topological polar surface area (TPSA) is 130 Å². The summed E-state index contributed by atoms with van der Waals surface area (Å²) in [6.45, 7) is 8.58. The van der Waals surface area contributed by atoms with E-state index in [0.29, 0.717) is 0 Å². The van der Waals surface area contributed by atoms with Gasteiger partial charge >= 0.3 is 0 Å². The second kappa shape index (κ2) is 12.9. The molecule has 0 aliphatic carbocycles. The molecule has 0 unspecified atom stereocenters. The molecular formula is C30H36N4O6S. The van der Waals surface area contributed by atoms with Crippen LogP contribution in [0.15, 0.2) is 83.8 Å². The molecule has 0 aliphatic heterocycles. The molecule has 0 fully saturated rings. The van der Waals surface area contributed by atoms with Crippen molar-refractivity contribution in [2.75, 3.05) is 10.8 Å². The number of sulfonamides is 1. The Labute approximate surface area is 241 Å². The predicted molar refractivity (Wildman–Crippen MR) is 158 cm³/mol. The van der Waals surface area contributed by atoms with Crippen molar-refractivity contribution >= 4 is 33.2 Å². The number of nitrogens with zero attached hydrogens (tertiary/aromatic N) is 3. The lowest BCUT2D eigenvalue weighted by molar-refractivity contribution is -0.384. The third-order valence-corrected chi connectivity index (χ3v) is 8.05. The fourth-order valence-corrected chi connectivity index (χ4v) is 5.82. The van der Waals surface area contributed by atoms with Gasteiger partial charge < -0.3 is 10.2 Å². The van der Waals surface area contributed by atoms with Crippen LogP contribution in [0.3, 0.4) is 0 Å². The van der Waals surface area contributed by atoms with Crippen molar-refractivity contribution in [3.05, 3.63) is 100 Å². The summed E-state index contributed by atoms with van der Waals surface area (Å²) in [5.74, 6) is -0.998. The van der Waals surface area contributed by atoms with Crippen LogP contribution in [-0.4, -0.2) is 48.2 Å². The summed E-state index contributed by atoms with van der Waals surface area (Å²) in [6, 6.07) is 19.2. The van der Waals surface area contributed by atoms with Crippen LogP contribution in [0, 0.1) is 17.0 Å². The van der Waals surface area contributed by atoms with E-state index in [9.17, 15) is 28.1 Å². The summed E-state index contributed by atoms with van der Waals surface area (Å²) in [5.41, 5.74) is 0.809. The smallest absolute Gasteiger partial charge is 0.271 e. The number of amides is 2. The number of nitro groups is 1. The van der Waals surface area contributed by atoms with Crippen molar-refractivity contribution in [3.63, 3.8) is 0 Å². The van der Waals surface area contributed by atoms with Gasteiger partial charge in [0.25, 0.3) is 15.7 Å². The van der Waals surface area contributed by atoms with Crippen LogP contribution in [0.1, 0.15) is 45.2 Å². The van der Waals surface area contributed by atoms with Gasteiger partial charge in [-0.1, -0.05) is 61.0 Å². The Morgan fingerprint density at radius 1 is 0.976 bits per heavy atom.